The maximum atomic E-state index is 12.0. The molecule has 6 heteroatoms. The van der Waals surface area contributed by atoms with Gasteiger partial charge in [-0.15, -0.1) is 13.2 Å². The SMILES string of the molecule is C=C(C(=O)OC(C)(C)C)c1ccc(OC(F)(F)F)cc1. The van der Waals surface area contributed by atoms with Crippen LogP contribution in [0.5, 0.6) is 5.75 Å². The molecule has 0 spiro atoms. The van der Waals surface area contributed by atoms with Gasteiger partial charge in [0.1, 0.15) is 11.4 Å². The summed E-state index contributed by atoms with van der Waals surface area (Å²) in [5, 5.41) is 0. The lowest BCUT2D eigenvalue weighted by Crippen LogP contribution is -2.24. The van der Waals surface area contributed by atoms with Gasteiger partial charge in [0.25, 0.3) is 0 Å². The fourth-order valence-corrected chi connectivity index (χ4v) is 1.32. The number of esters is 1. The molecule has 3 nitrogen and oxygen atoms in total. The average Bonchev–Trinajstić information content (AvgIpc) is 2.24. The molecule has 0 saturated heterocycles. The molecule has 0 bridgehead atoms. The Bertz CT molecular complexity index is 496. The summed E-state index contributed by atoms with van der Waals surface area (Å²) in [6.45, 7) is 8.70. The minimum atomic E-state index is -4.75. The van der Waals surface area contributed by atoms with Crippen molar-refractivity contribution in [3.05, 3.63) is 36.4 Å². The highest BCUT2D eigenvalue weighted by Gasteiger charge is 2.31. The molecule has 1 rings (SSSR count). The van der Waals surface area contributed by atoms with Gasteiger partial charge in [-0.05, 0) is 38.5 Å². The number of carbonyl (C=O) groups is 1. The van der Waals surface area contributed by atoms with Gasteiger partial charge < -0.3 is 9.47 Å². The second kappa shape index (κ2) is 5.56. The zero-order valence-electron chi connectivity index (χ0n) is 11.4. The quantitative estimate of drug-likeness (QED) is 0.624. The van der Waals surface area contributed by atoms with Gasteiger partial charge in [0.2, 0.25) is 0 Å². The van der Waals surface area contributed by atoms with Gasteiger partial charge >= 0.3 is 12.3 Å². The number of benzene rings is 1. The summed E-state index contributed by atoms with van der Waals surface area (Å²) in [5.74, 6) is -0.986. The van der Waals surface area contributed by atoms with Crippen molar-refractivity contribution in [1.29, 1.82) is 0 Å². The van der Waals surface area contributed by atoms with E-state index in [4.69, 9.17) is 4.74 Å². The Morgan fingerprint density at radius 3 is 2.00 bits per heavy atom. The maximum absolute atomic E-state index is 12.0. The Morgan fingerprint density at radius 2 is 1.60 bits per heavy atom. The smallest absolute Gasteiger partial charge is 0.456 e. The van der Waals surface area contributed by atoms with Crippen LogP contribution in [0.4, 0.5) is 13.2 Å². The second-order valence-electron chi connectivity index (χ2n) is 5.05. The van der Waals surface area contributed by atoms with Crippen molar-refractivity contribution in [2.75, 3.05) is 0 Å². The van der Waals surface area contributed by atoms with Crippen LogP contribution in [-0.2, 0) is 9.53 Å². The summed E-state index contributed by atoms with van der Waals surface area (Å²) >= 11 is 0. The minimum Gasteiger partial charge on any atom is -0.456 e. The van der Waals surface area contributed by atoms with E-state index in [1.807, 2.05) is 0 Å². The predicted molar refractivity (Wildman–Crippen MR) is 68.0 cm³/mol. The van der Waals surface area contributed by atoms with Gasteiger partial charge in [-0.2, -0.15) is 0 Å². The second-order valence-corrected chi connectivity index (χ2v) is 5.05. The van der Waals surface area contributed by atoms with Gasteiger partial charge in [-0.1, -0.05) is 18.7 Å². The van der Waals surface area contributed by atoms with E-state index >= 15 is 0 Å². The highest BCUT2D eigenvalue weighted by molar-refractivity contribution is 6.15. The minimum absolute atomic E-state index is 0.0680. The molecule has 0 aliphatic rings. The molecule has 0 saturated carbocycles. The van der Waals surface area contributed by atoms with Gasteiger partial charge in [0.15, 0.2) is 0 Å². The first-order valence-electron chi connectivity index (χ1n) is 5.76. The normalized spacial score (nSPS) is 11.9. The van der Waals surface area contributed by atoms with Crippen molar-refractivity contribution in [2.45, 2.75) is 32.7 Å². The molecule has 0 unspecified atom stereocenters. The molecule has 110 valence electrons. The van der Waals surface area contributed by atoms with Crippen LogP contribution in [0.1, 0.15) is 26.3 Å². The van der Waals surface area contributed by atoms with Crippen LogP contribution in [0, 0.1) is 0 Å². The van der Waals surface area contributed by atoms with Gasteiger partial charge in [-0.3, -0.25) is 0 Å². The topological polar surface area (TPSA) is 35.5 Å². The first kappa shape index (κ1) is 16.1. The molecule has 0 aliphatic carbocycles. The van der Waals surface area contributed by atoms with Crippen LogP contribution >= 0.6 is 0 Å². The van der Waals surface area contributed by atoms with Crippen LogP contribution < -0.4 is 4.74 Å². The summed E-state index contributed by atoms with van der Waals surface area (Å²) in [5.41, 5.74) is -0.230. The van der Waals surface area contributed by atoms with Crippen molar-refractivity contribution in [1.82, 2.24) is 0 Å². The van der Waals surface area contributed by atoms with Crippen LogP contribution in [-0.4, -0.2) is 17.9 Å². The molecule has 0 atom stereocenters. The molecule has 0 fully saturated rings. The fraction of sp³-hybridized carbons (Fsp3) is 0.357. The number of ether oxygens (including phenoxy) is 2. The van der Waals surface area contributed by atoms with Crippen LogP contribution in [0.3, 0.4) is 0 Å². The molecule has 0 aliphatic heterocycles. The Hall–Kier alpha value is -1.98. The Balaban J connectivity index is 2.78. The third kappa shape index (κ3) is 5.34. The molecule has 0 radical (unpaired) electrons. The largest absolute Gasteiger partial charge is 0.573 e. The maximum Gasteiger partial charge on any atom is 0.573 e. The molecular weight excluding hydrogens is 273 g/mol. The summed E-state index contributed by atoms with van der Waals surface area (Å²) < 4.78 is 44.8. The molecule has 0 N–H and O–H groups in total. The van der Waals surface area contributed by atoms with Crippen LogP contribution in [0.2, 0.25) is 0 Å². The highest BCUT2D eigenvalue weighted by Crippen LogP contribution is 2.25. The molecule has 1 aromatic rings. The zero-order chi connectivity index (χ0) is 15.6. The number of carbonyl (C=O) groups excluding carboxylic acids is 1. The molecule has 0 heterocycles. The molecule has 20 heavy (non-hydrogen) atoms. The Kier molecular flexibility index (Phi) is 4.47. The summed E-state index contributed by atoms with van der Waals surface area (Å²) in [4.78, 5) is 11.7. The van der Waals surface area contributed by atoms with Gasteiger partial charge in [-0.25, -0.2) is 4.79 Å². The number of rotatable bonds is 3. The van der Waals surface area contributed by atoms with Crippen molar-refractivity contribution >= 4 is 11.5 Å². The van der Waals surface area contributed by atoms with Gasteiger partial charge in [0, 0.05) is 0 Å². The van der Waals surface area contributed by atoms with E-state index in [1.165, 1.54) is 12.1 Å². The number of hydrogen-bond acceptors (Lipinski definition) is 3. The first-order chi connectivity index (χ1) is 8.98. The predicted octanol–water partition coefficient (Wildman–Crippen LogP) is 3.94. The summed E-state index contributed by atoms with van der Waals surface area (Å²) in [7, 11) is 0. The van der Waals surface area contributed by atoms with E-state index in [1.54, 1.807) is 20.8 Å². The third-order valence-corrected chi connectivity index (χ3v) is 2.08. The van der Waals surface area contributed by atoms with E-state index in [0.29, 0.717) is 5.56 Å². The Labute approximate surface area is 115 Å². The Morgan fingerprint density at radius 1 is 1.10 bits per heavy atom. The fourth-order valence-electron chi connectivity index (χ4n) is 1.32. The van der Waals surface area contributed by atoms with E-state index in [-0.39, 0.29) is 11.3 Å². The van der Waals surface area contributed by atoms with E-state index < -0.39 is 17.9 Å². The number of alkyl halides is 3. The monoisotopic (exact) mass is 288 g/mol. The lowest BCUT2D eigenvalue weighted by atomic mass is 10.1. The van der Waals surface area contributed by atoms with E-state index in [2.05, 4.69) is 11.3 Å². The van der Waals surface area contributed by atoms with Gasteiger partial charge in [0.05, 0.1) is 5.57 Å². The van der Waals surface area contributed by atoms with Crippen molar-refractivity contribution < 1.29 is 27.4 Å². The summed E-state index contributed by atoms with van der Waals surface area (Å²) in [6, 6.07) is 4.84. The van der Waals surface area contributed by atoms with E-state index in [9.17, 15) is 18.0 Å². The van der Waals surface area contributed by atoms with E-state index in [0.717, 1.165) is 12.1 Å². The highest BCUT2D eigenvalue weighted by atomic mass is 19.4. The number of hydrogen-bond donors (Lipinski definition) is 0. The lowest BCUT2D eigenvalue weighted by Gasteiger charge is -2.20. The number of halogens is 3. The average molecular weight is 288 g/mol. The van der Waals surface area contributed by atoms with Crippen LogP contribution in [0.25, 0.3) is 5.57 Å². The molecular formula is C14H15F3O3. The van der Waals surface area contributed by atoms with Crippen LogP contribution in [0.15, 0.2) is 30.8 Å². The lowest BCUT2D eigenvalue weighted by molar-refractivity contribution is -0.274. The molecule has 0 aromatic heterocycles. The standard InChI is InChI=1S/C14H15F3O3/c1-9(12(18)20-13(2,3)4)10-5-7-11(8-6-10)19-14(15,16)17/h5-8H,1H2,2-4H3. The van der Waals surface area contributed by atoms with Crippen molar-refractivity contribution in [3.8, 4) is 5.75 Å². The van der Waals surface area contributed by atoms with Crippen molar-refractivity contribution in [3.63, 3.8) is 0 Å². The third-order valence-electron chi connectivity index (χ3n) is 2.08. The molecule has 0 amide bonds. The first-order valence-corrected chi connectivity index (χ1v) is 5.76. The zero-order valence-corrected chi connectivity index (χ0v) is 11.4. The molecule has 1 aromatic carbocycles. The summed E-state index contributed by atoms with van der Waals surface area (Å²) in [6.07, 6.45) is -4.75. The van der Waals surface area contributed by atoms with Crippen molar-refractivity contribution in [2.24, 2.45) is 0 Å².